The fourth-order valence-corrected chi connectivity index (χ4v) is 0.451. The molecule has 0 bridgehead atoms. The Morgan fingerprint density at radius 2 is 2.22 bits per heavy atom. The third-order valence-electron chi connectivity index (χ3n) is 1.01. The van der Waals surface area contributed by atoms with Gasteiger partial charge in [-0.1, -0.05) is 19.1 Å². The van der Waals surface area contributed by atoms with Gasteiger partial charge in [-0.2, -0.15) is 5.10 Å². The van der Waals surface area contributed by atoms with E-state index in [-0.39, 0.29) is 0 Å². The van der Waals surface area contributed by atoms with Crippen LogP contribution in [-0.4, -0.2) is 25.3 Å². The highest BCUT2D eigenvalue weighted by Gasteiger charge is 1.81. The van der Waals surface area contributed by atoms with Gasteiger partial charge in [0.05, 0.1) is 6.54 Å². The molecular formula is C7H14N2. The minimum Gasteiger partial charge on any atom is -0.297 e. The molecule has 0 aromatic heterocycles. The van der Waals surface area contributed by atoms with Crippen LogP contribution in [0.2, 0.25) is 0 Å². The lowest BCUT2D eigenvalue weighted by molar-refractivity contribution is 0.398. The zero-order chi connectivity index (χ0) is 7.11. The molecule has 0 saturated heterocycles. The van der Waals surface area contributed by atoms with Crippen molar-refractivity contribution in [1.29, 1.82) is 0 Å². The van der Waals surface area contributed by atoms with Crippen LogP contribution in [-0.2, 0) is 0 Å². The molecule has 0 rings (SSSR count). The van der Waals surface area contributed by atoms with Crippen LogP contribution in [0.4, 0.5) is 0 Å². The molecule has 0 aliphatic carbocycles. The van der Waals surface area contributed by atoms with Crippen molar-refractivity contribution < 1.29 is 0 Å². The molecule has 0 saturated carbocycles. The van der Waals surface area contributed by atoms with Crippen molar-refractivity contribution in [3.8, 4) is 0 Å². The van der Waals surface area contributed by atoms with Crippen molar-refractivity contribution in [2.75, 3.05) is 13.6 Å². The highest BCUT2D eigenvalue weighted by atomic mass is 15.4. The van der Waals surface area contributed by atoms with Crippen LogP contribution in [0.15, 0.2) is 17.3 Å². The molecule has 0 aliphatic heterocycles. The van der Waals surface area contributed by atoms with Crippen LogP contribution >= 0.6 is 0 Å². The maximum Gasteiger partial charge on any atom is 0.0537 e. The van der Waals surface area contributed by atoms with Crippen molar-refractivity contribution in [2.45, 2.75) is 13.3 Å². The van der Waals surface area contributed by atoms with Gasteiger partial charge in [0.1, 0.15) is 0 Å². The summed E-state index contributed by atoms with van der Waals surface area (Å²) in [4.78, 5) is 0. The molecule has 0 heterocycles. The van der Waals surface area contributed by atoms with E-state index in [0.717, 1.165) is 13.0 Å². The molecule has 0 aromatic rings. The van der Waals surface area contributed by atoms with E-state index in [0.29, 0.717) is 0 Å². The summed E-state index contributed by atoms with van der Waals surface area (Å²) < 4.78 is 0. The van der Waals surface area contributed by atoms with Crippen molar-refractivity contribution in [1.82, 2.24) is 5.01 Å². The minimum absolute atomic E-state index is 0.858. The number of allylic oxidation sites excluding steroid dienone is 1. The quantitative estimate of drug-likeness (QED) is 0.316. The van der Waals surface area contributed by atoms with E-state index in [1.54, 1.807) is 5.01 Å². The Bertz CT molecular complexity index is 97.1. The lowest BCUT2D eigenvalue weighted by atomic mass is 10.4. The van der Waals surface area contributed by atoms with Crippen molar-refractivity contribution in [3.63, 3.8) is 0 Å². The maximum absolute atomic E-state index is 3.69. The molecule has 0 fully saturated rings. The molecule has 0 atom stereocenters. The third kappa shape index (κ3) is 5.07. The molecule has 9 heavy (non-hydrogen) atoms. The normalized spacial score (nSPS) is 10.0. The first-order chi connectivity index (χ1) is 4.31. The summed E-state index contributed by atoms with van der Waals surface area (Å²) in [6.07, 6.45) is 5.28. The van der Waals surface area contributed by atoms with Crippen molar-refractivity contribution in [3.05, 3.63) is 12.2 Å². The Hall–Kier alpha value is -0.790. The second-order valence-corrected chi connectivity index (χ2v) is 1.86. The van der Waals surface area contributed by atoms with Gasteiger partial charge in [0.15, 0.2) is 0 Å². The van der Waals surface area contributed by atoms with E-state index in [4.69, 9.17) is 0 Å². The summed E-state index contributed by atoms with van der Waals surface area (Å²) in [5.74, 6) is 0. The SMILES string of the molecule is C=NN(C)C/C=C\CC. The summed E-state index contributed by atoms with van der Waals surface area (Å²) in [6.45, 7) is 6.35. The van der Waals surface area contributed by atoms with Gasteiger partial charge in [-0.3, -0.25) is 5.01 Å². The summed E-state index contributed by atoms with van der Waals surface area (Å²) >= 11 is 0. The van der Waals surface area contributed by atoms with Crippen LogP contribution in [0.1, 0.15) is 13.3 Å². The van der Waals surface area contributed by atoms with Gasteiger partial charge < -0.3 is 0 Å². The lowest BCUT2D eigenvalue weighted by Crippen LogP contribution is -2.08. The lowest BCUT2D eigenvalue weighted by Gasteiger charge is -2.06. The molecule has 2 nitrogen and oxygen atoms in total. The van der Waals surface area contributed by atoms with Crippen LogP contribution < -0.4 is 0 Å². The number of likely N-dealkylation sites (N-methyl/N-ethyl adjacent to an activating group) is 1. The second kappa shape index (κ2) is 5.35. The highest BCUT2D eigenvalue weighted by molar-refractivity contribution is 5.22. The zero-order valence-corrected chi connectivity index (χ0v) is 6.17. The summed E-state index contributed by atoms with van der Waals surface area (Å²) in [5.41, 5.74) is 0. The Morgan fingerprint density at radius 1 is 1.56 bits per heavy atom. The predicted octanol–water partition coefficient (Wildman–Crippen LogP) is 1.50. The van der Waals surface area contributed by atoms with Crippen LogP contribution in [0.3, 0.4) is 0 Å². The molecule has 52 valence electrons. The first kappa shape index (κ1) is 8.21. The van der Waals surface area contributed by atoms with Gasteiger partial charge in [0.25, 0.3) is 0 Å². The number of hydrogen-bond donors (Lipinski definition) is 0. The average molecular weight is 126 g/mol. The van der Waals surface area contributed by atoms with E-state index < -0.39 is 0 Å². The predicted molar refractivity (Wildman–Crippen MR) is 41.6 cm³/mol. The minimum atomic E-state index is 0.858. The van der Waals surface area contributed by atoms with E-state index >= 15 is 0 Å². The van der Waals surface area contributed by atoms with Gasteiger partial charge in [0, 0.05) is 13.8 Å². The van der Waals surface area contributed by atoms with Gasteiger partial charge in [-0.15, -0.1) is 0 Å². The van der Waals surface area contributed by atoms with E-state index in [9.17, 15) is 0 Å². The molecule has 0 N–H and O–H groups in total. The topological polar surface area (TPSA) is 15.6 Å². The number of nitrogens with zero attached hydrogens (tertiary/aromatic N) is 2. The second-order valence-electron chi connectivity index (χ2n) is 1.86. The Kier molecular flexibility index (Phi) is 4.88. The standard InChI is InChI=1S/C7H14N2/c1-4-5-6-7-9(3)8-2/h5-6H,2,4,7H2,1,3H3/b6-5-. The van der Waals surface area contributed by atoms with Crippen LogP contribution in [0.25, 0.3) is 0 Å². The van der Waals surface area contributed by atoms with Crippen molar-refractivity contribution >= 4 is 6.72 Å². The van der Waals surface area contributed by atoms with Gasteiger partial charge in [0.2, 0.25) is 0 Å². The molecular weight excluding hydrogens is 112 g/mol. The molecule has 0 spiro atoms. The van der Waals surface area contributed by atoms with E-state index in [2.05, 4.69) is 30.9 Å². The summed E-state index contributed by atoms with van der Waals surface area (Å²) in [6, 6.07) is 0. The Labute approximate surface area is 56.9 Å². The fraction of sp³-hybridized carbons (Fsp3) is 0.571. The summed E-state index contributed by atoms with van der Waals surface area (Å²) in [7, 11) is 1.90. The number of hydrazone groups is 1. The smallest absolute Gasteiger partial charge is 0.0537 e. The van der Waals surface area contributed by atoms with Gasteiger partial charge in [-0.25, -0.2) is 0 Å². The molecule has 0 amide bonds. The average Bonchev–Trinajstić information content (AvgIpc) is 1.89. The van der Waals surface area contributed by atoms with Crippen molar-refractivity contribution in [2.24, 2.45) is 5.10 Å². The van der Waals surface area contributed by atoms with E-state index in [1.165, 1.54) is 0 Å². The maximum atomic E-state index is 3.69. The fourth-order valence-electron chi connectivity index (χ4n) is 0.451. The third-order valence-corrected chi connectivity index (χ3v) is 1.01. The molecule has 0 unspecified atom stereocenters. The molecule has 0 aromatic carbocycles. The van der Waals surface area contributed by atoms with E-state index in [1.807, 2.05) is 7.05 Å². The molecule has 0 radical (unpaired) electrons. The Balaban J connectivity index is 3.25. The molecule has 0 aliphatic rings. The zero-order valence-electron chi connectivity index (χ0n) is 6.17. The van der Waals surface area contributed by atoms with Crippen LogP contribution in [0, 0.1) is 0 Å². The summed E-state index contributed by atoms with van der Waals surface area (Å²) in [5, 5.41) is 5.48. The number of rotatable bonds is 4. The van der Waals surface area contributed by atoms with Gasteiger partial charge in [-0.05, 0) is 6.42 Å². The van der Waals surface area contributed by atoms with Gasteiger partial charge >= 0.3 is 0 Å². The van der Waals surface area contributed by atoms with Crippen LogP contribution in [0.5, 0.6) is 0 Å². The number of hydrogen-bond acceptors (Lipinski definition) is 2. The molecule has 2 heteroatoms. The first-order valence-electron chi connectivity index (χ1n) is 3.14. The monoisotopic (exact) mass is 126 g/mol. The highest BCUT2D eigenvalue weighted by Crippen LogP contribution is 1.84. The first-order valence-corrected chi connectivity index (χ1v) is 3.14. The largest absolute Gasteiger partial charge is 0.297 e. The Morgan fingerprint density at radius 3 is 2.67 bits per heavy atom.